The lowest BCUT2D eigenvalue weighted by atomic mass is 9.98. The van der Waals surface area contributed by atoms with Gasteiger partial charge in [0.25, 0.3) is 0 Å². The van der Waals surface area contributed by atoms with Gasteiger partial charge in [0.05, 0.1) is 28.2 Å². The van der Waals surface area contributed by atoms with Crippen molar-refractivity contribution in [2.24, 2.45) is 0 Å². The minimum Gasteiger partial charge on any atom is -0.361 e. The molecule has 1 atom stereocenters. The average molecular weight is 601 g/mol. The topological polar surface area (TPSA) is 107 Å². The number of hydrogen-bond acceptors (Lipinski definition) is 6. The Morgan fingerprint density at radius 1 is 1.17 bits per heavy atom. The fourth-order valence-corrected chi connectivity index (χ4v) is 7.97. The predicted molar refractivity (Wildman–Crippen MR) is 169 cm³/mol. The van der Waals surface area contributed by atoms with Crippen molar-refractivity contribution in [1.82, 2.24) is 13.5 Å². The number of hydrogen-bond donors (Lipinski definition) is 0. The summed E-state index contributed by atoms with van der Waals surface area (Å²) in [6.45, 7) is 13.0. The zero-order valence-electron chi connectivity index (χ0n) is 24.9. The van der Waals surface area contributed by atoms with Crippen LogP contribution in [0.15, 0.2) is 66.4 Å². The van der Waals surface area contributed by atoms with Gasteiger partial charge in [-0.2, -0.15) is 5.26 Å². The molecular formula is C32H36N4O4SSi. The van der Waals surface area contributed by atoms with Gasteiger partial charge in [0, 0.05) is 31.8 Å². The highest BCUT2D eigenvalue weighted by Crippen LogP contribution is 2.35. The molecule has 0 saturated carbocycles. The summed E-state index contributed by atoms with van der Waals surface area (Å²) in [6.07, 6.45) is 7.50. The van der Waals surface area contributed by atoms with Crippen LogP contribution in [0, 0.1) is 18.3 Å². The Bertz CT molecular complexity index is 1940. The molecule has 0 N–H and O–H groups in total. The monoisotopic (exact) mass is 600 g/mol. The number of carbonyl (C=O) groups excluding carboxylic acids is 1. The number of aryl methyl sites for hydroxylation is 1. The summed E-state index contributed by atoms with van der Waals surface area (Å²) in [5, 5.41) is 9.96. The third-order valence-electron chi connectivity index (χ3n) is 7.84. The van der Waals surface area contributed by atoms with E-state index in [1.807, 2.05) is 26.0 Å². The number of nitriles is 1. The molecule has 0 radical (unpaired) electrons. The Morgan fingerprint density at radius 3 is 2.62 bits per heavy atom. The van der Waals surface area contributed by atoms with Gasteiger partial charge in [-0.25, -0.2) is 17.4 Å². The van der Waals surface area contributed by atoms with Crippen LogP contribution in [0.5, 0.6) is 0 Å². The molecule has 0 bridgehead atoms. The molecule has 218 valence electrons. The molecule has 0 aliphatic heterocycles. The summed E-state index contributed by atoms with van der Waals surface area (Å²) in [4.78, 5) is 18.9. The van der Waals surface area contributed by atoms with E-state index >= 15 is 0 Å². The second-order valence-electron chi connectivity index (χ2n) is 12.5. The Morgan fingerprint density at radius 2 is 1.93 bits per heavy atom. The van der Waals surface area contributed by atoms with E-state index in [1.54, 1.807) is 54.0 Å². The molecule has 1 aliphatic rings. The molecule has 42 heavy (non-hydrogen) atoms. The predicted octanol–water partition coefficient (Wildman–Crippen LogP) is 6.56. The lowest BCUT2D eigenvalue weighted by Crippen LogP contribution is -2.38. The van der Waals surface area contributed by atoms with E-state index in [-0.39, 0.29) is 18.3 Å². The van der Waals surface area contributed by atoms with Crippen molar-refractivity contribution in [1.29, 1.82) is 5.26 Å². The van der Waals surface area contributed by atoms with Crippen molar-refractivity contribution in [3.05, 3.63) is 88.9 Å². The summed E-state index contributed by atoms with van der Waals surface area (Å²) in [5.41, 5.74) is 4.12. The highest BCUT2D eigenvalue weighted by molar-refractivity contribution is 7.91. The molecule has 1 unspecified atom stereocenters. The fourth-order valence-electron chi connectivity index (χ4n) is 5.42. The van der Waals surface area contributed by atoms with Crippen molar-refractivity contribution in [2.45, 2.75) is 64.4 Å². The Balaban J connectivity index is 1.60. The molecule has 1 aliphatic carbocycles. The van der Waals surface area contributed by atoms with Gasteiger partial charge in [-0.15, -0.1) is 0 Å². The summed E-state index contributed by atoms with van der Waals surface area (Å²) >= 11 is 0. The molecule has 0 spiro atoms. The number of fused-ring (bicyclic) bond motifs is 2. The Labute approximate surface area is 248 Å². The van der Waals surface area contributed by atoms with E-state index in [0.717, 1.165) is 17.2 Å². The van der Waals surface area contributed by atoms with Crippen LogP contribution in [-0.2, 0) is 21.5 Å². The van der Waals surface area contributed by atoms with Crippen molar-refractivity contribution in [3.8, 4) is 6.07 Å². The fraction of sp³-hybridized carbons (Fsp3) is 0.344. The first-order valence-electron chi connectivity index (χ1n) is 14.0. The standard InChI is InChI=1S/C32H36N4O4SSi/c1-22-8-7-14-32(3,19-22)41(38,39)36-15-13-25-26(11-9-23(2)29(25)36)30(37)31-34-27-18-24(20-33)10-12-28(27)35(31)21-40-16-17-42(4,5)6/h7-13,15,18-19H,14,16-17,21H2,1-6H3. The van der Waals surface area contributed by atoms with Gasteiger partial charge in [-0.3, -0.25) is 9.36 Å². The first-order valence-corrected chi connectivity index (χ1v) is 19.2. The lowest BCUT2D eigenvalue weighted by molar-refractivity contribution is 0.0835. The van der Waals surface area contributed by atoms with Crippen molar-refractivity contribution in [3.63, 3.8) is 0 Å². The maximum Gasteiger partial charge on any atom is 0.248 e. The highest BCUT2D eigenvalue weighted by Gasteiger charge is 2.40. The summed E-state index contributed by atoms with van der Waals surface area (Å²) < 4.78 is 36.0. The molecule has 2 heterocycles. The Kier molecular flexibility index (Phi) is 7.64. The maximum atomic E-state index is 14.2. The first-order chi connectivity index (χ1) is 19.8. The van der Waals surface area contributed by atoms with Crippen LogP contribution in [0.2, 0.25) is 25.7 Å². The van der Waals surface area contributed by atoms with E-state index in [9.17, 15) is 18.5 Å². The van der Waals surface area contributed by atoms with E-state index in [2.05, 4.69) is 30.7 Å². The molecule has 2 aromatic carbocycles. The largest absolute Gasteiger partial charge is 0.361 e. The molecule has 0 saturated heterocycles. The van der Waals surface area contributed by atoms with Crippen LogP contribution in [0.25, 0.3) is 21.9 Å². The number of rotatable bonds is 9. The number of ketones is 1. The number of aromatic nitrogens is 3. The van der Waals surface area contributed by atoms with E-state index in [1.165, 1.54) is 10.2 Å². The van der Waals surface area contributed by atoms with Gasteiger partial charge in [0.15, 0.2) is 5.82 Å². The van der Waals surface area contributed by atoms with Crippen LogP contribution in [0.4, 0.5) is 0 Å². The second-order valence-corrected chi connectivity index (χ2v) is 20.4. The van der Waals surface area contributed by atoms with Gasteiger partial charge < -0.3 is 4.74 Å². The molecule has 2 aromatic heterocycles. The highest BCUT2D eigenvalue weighted by atomic mass is 32.2. The zero-order chi connectivity index (χ0) is 30.4. The molecule has 8 nitrogen and oxygen atoms in total. The number of imidazole rings is 1. The van der Waals surface area contributed by atoms with Gasteiger partial charge >= 0.3 is 0 Å². The average Bonchev–Trinajstić information content (AvgIpc) is 3.53. The summed E-state index contributed by atoms with van der Waals surface area (Å²) in [6, 6.07) is 13.4. The van der Waals surface area contributed by atoms with Gasteiger partial charge in [0.1, 0.15) is 11.5 Å². The van der Waals surface area contributed by atoms with Crippen LogP contribution >= 0.6 is 0 Å². The number of carbonyl (C=O) groups is 1. The molecule has 0 amide bonds. The minimum absolute atomic E-state index is 0.135. The van der Waals surface area contributed by atoms with Gasteiger partial charge in [-0.05, 0) is 69.1 Å². The first kappa shape index (κ1) is 29.7. The Hall–Kier alpha value is -3.78. The van der Waals surface area contributed by atoms with Crippen molar-refractivity contribution >= 4 is 45.8 Å². The van der Waals surface area contributed by atoms with E-state index < -0.39 is 22.8 Å². The molecular weight excluding hydrogens is 565 g/mol. The zero-order valence-corrected chi connectivity index (χ0v) is 26.7. The molecule has 4 aromatic rings. The van der Waals surface area contributed by atoms with Crippen LogP contribution < -0.4 is 0 Å². The van der Waals surface area contributed by atoms with E-state index in [0.29, 0.717) is 46.1 Å². The molecule has 10 heteroatoms. The van der Waals surface area contributed by atoms with Crippen LogP contribution in [0.1, 0.15) is 47.6 Å². The summed E-state index contributed by atoms with van der Waals surface area (Å²) in [7, 11) is -5.18. The number of benzene rings is 2. The smallest absolute Gasteiger partial charge is 0.248 e. The van der Waals surface area contributed by atoms with Crippen LogP contribution in [-0.4, -0.2) is 47.2 Å². The maximum absolute atomic E-state index is 14.2. The number of nitrogens with zero attached hydrogens (tertiary/aromatic N) is 4. The quantitative estimate of drug-likeness (QED) is 0.122. The van der Waals surface area contributed by atoms with Gasteiger partial charge in [0.2, 0.25) is 15.8 Å². The third-order valence-corrected chi connectivity index (χ3v) is 11.8. The normalized spacial score (nSPS) is 17.5. The van der Waals surface area contributed by atoms with Gasteiger partial charge in [-0.1, -0.05) is 49.5 Å². The summed E-state index contributed by atoms with van der Waals surface area (Å²) in [5.74, 6) is -0.169. The van der Waals surface area contributed by atoms with Crippen molar-refractivity contribution in [2.75, 3.05) is 6.61 Å². The number of allylic oxidation sites excluding steroid dienone is 3. The van der Waals surface area contributed by atoms with Crippen molar-refractivity contribution < 1.29 is 17.9 Å². The lowest BCUT2D eigenvalue weighted by Gasteiger charge is -2.28. The number of ether oxygens (including phenoxy) is 1. The third kappa shape index (κ3) is 5.28. The van der Waals surface area contributed by atoms with E-state index in [4.69, 9.17) is 4.74 Å². The second kappa shape index (κ2) is 10.8. The molecule has 0 fully saturated rings. The van der Waals surface area contributed by atoms with Crippen LogP contribution in [0.3, 0.4) is 0 Å². The SMILES string of the molecule is CC1=CC(C)(S(=O)(=O)n2ccc3c(C(=O)c4nc5cc(C#N)ccc5n4COCC[Si](C)(C)C)ccc(C)c32)CC=C1. The minimum atomic E-state index is -3.86. The molecule has 5 rings (SSSR count).